The van der Waals surface area contributed by atoms with Crippen LogP contribution in [0.2, 0.25) is 5.02 Å². The van der Waals surface area contributed by atoms with Crippen LogP contribution in [-0.2, 0) is 0 Å². The van der Waals surface area contributed by atoms with Crippen LogP contribution in [0.1, 0.15) is 5.56 Å². The fraction of sp³-hybridized carbons (Fsp3) is 0.400. The van der Waals surface area contributed by atoms with Gasteiger partial charge in [-0.25, -0.2) is 0 Å². The molecule has 0 bridgehead atoms. The number of hydrogen-bond acceptors (Lipinski definition) is 6. The zero-order valence-corrected chi connectivity index (χ0v) is 13.5. The number of rotatable bonds is 3. The predicted molar refractivity (Wildman–Crippen MR) is 89.0 cm³/mol. The molecule has 0 unspecified atom stereocenters. The summed E-state index contributed by atoms with van der Waals surface area (Å²) >= 11 is 5.98. The SMILES string of the molecule is Cc1cc(Cl)ccc1Nc1nncc(N2CCN(C)CC2)n1. The van der Waals surface area contributed by atoms with Crippen molar-refractivity contribution < 1.29 is 0 Å². The minimum absolute atomic E-state index is 0.502. The minimum Gasteiger partial charge on any atom is -0.353 e. The Bertz CT molecular complexity index is 654. The van der Waals surface area contributed by atoms with Crippen LogP contribution in [0.25, 0.3) is 0 Å². The van der Waals surface area contributed by atoms with E-state index in [0.29, 0.717) is 11.0 Å². The van der Waals surface area contributed by atoms with Crippen LogP contribution in [0.4, 0.5) is 17.5 Å². The van der Waals surface area contributed by atoms with Crippen LogP contribution < -0.4 is 10.2 Å². The Morgan fingerprint density at radius 1 is 1.18 bits per heavy atom. The van der Waals surface area contributed by atoms with Crippen molar-refractivity contribution in [1.29, 1.82) is 0 Å². The Kier molecular flexibility index (Phi) is 4.40. The van der Waals surface area contributed by atoms with Gasteiger partial charge in [-0.3, -0.25) is 0 Å². The molecule has 0 atom stereocenters. The quantitative estimate of drug-likeness (QED) is 0.937. The smallest absolute Gasteiger partial charge is 0.249 e. The van der Waals surface area contributed by atoms with Crippen molar-refractivity contribution in [3.05, 3.63) is 35.0 Å². The maximum Gasteiger partial charge on any atom is 0.249 e. The van der Waals surface area contributed by atoms with Crippen LogP contribution >= 0.6 is 11.6 Å². The van der Waals surface area contributed by atoms with Crippen LogP contribution in [0, 0.1) is 6.92 Å². The van der Waals surface area contributed by atoms with Gasteiger partial charge in [-0.1, -0.05) is 11.6 Å². The largest absolute Gasteiger partial charge is 0.353 e. The van der Waals surface area contributed by atoms with Gasteiger partial charge in [-0.15, -0.1) is 5.10 Å². The molecule has 0 aliphatic carbocycles. The summed E-state index contributed by atoms with van der Waals surface area (Å²) in [5, 5.41) is 12.1. The van der Waals surface area contributed by atoms with Crippen LogP contribution in [-0.4, -0.2) is 53.3 Å². The number of hydrogen-bond donors (Lipinski definition) is 1. The van der Waals surface area contributed by atoms with Crippen molar-refractivity contribution in [2.24, 2.45) is 0 Å². The molecular formula is C15H19ClN6. The van der Waals surface area contributed by atoms with Crippen molar-refractivity contribution in [3.63, 3.8) is 0 Å². The second kappa shape index (κ2) is 6.46. The van der Waals surface area contributed by atoms with E-state index in [1.807, 2.05) is 25.1 Å². The maximum atomic E-state index is 5.98. The van der Waals surface area contributed by atoms with E-state index < -0.39 is 0 Å². The molecule has 2 heterocycles. The second-order valence-corrected chi connectivity index (χ2v) is 5.95. The standard InChI is InChI=1S/C15H19ClN6/c1-11-9-12(16)3-4-13(11)18-15-19-14(10-17-20-15)22-7-5-21(2)6-8-22/h3-4,9-10H,5-8H2,1-2H3,(H,18,19,20). The van der Waals surface area contributed by atoms with Crippen LogP contribution in [0.3, 0.4) is 0 Å². The number of nitrogens with zero attached hydrogens (tertiary/aromatic N) is 5. The summed E-state index contributed by atoms with van der Waals surface area (Å²) in [5.74, 6) is 1.36. The molecule has 1 N–H and O–H groups in total. The lowest BCUT2D eigenvalue weighted by molar-refractivity contribution is 0.312. The monoisotopic (exact) mass is 318 g/mol. The van der Waals surface area contributed by atoms with E-state index in [-0.39, 0.29) is 0 Å². The molecule has 0 saturated carbocycles. The van der Waals surface area contributed by atoms with Crippen molar-refractivity contribution in [1.82, 2.24) is 20.1 Å². The van der Waals surface area contributed by atoms with Gasteiger partial charge in [0.1, 0.15) is 0 Å². The Labute approximate surface area is 135 Å². The average molecular weight is 319 g/mol. The molecule has 1 aliphatic rings. The third-order valence-electron chi connectivity index (χ3n) is 3.81. The summed E-state index contributed by atoms with van der Waals surface area (Å²) in [7, 11) is 2.13. The molecule has 0 spiro atoms. The van der Waals surface area contributed by atoms with E-state index in [4.69, 9.17) is 11.6 Å². The minimum atomic E-state index is 0.502. The highest BCUT2D eigenvalue weighted by molar-refractivity contribution is 6.30. The molecule has 6 nitrogen and oxygen atoms in total. The van der Waals surface area contributed by atoms with Crippen molar-refractivity contribution in [3.8, 4) is 0 Å². The highest BCUT2D eigenvalue weighted by Crippen LogP contribution is 2.22. The lowest BCUT2D eigenvalue weighted by Crippen LogP contribution is -2.44. The molecule has 1 aromatic heterocycles. The Balaban J connectivity index is 1.76. The molecular weight excluding hydrogens is 300 g/mol. The number of likely N-dealkylation sites (N-methyl/N-ethyl adjacent to an activating group) is 1. The first-order valence-electron chi connectivity index (χ1n) is 7.28. The number of nitrogens with one attached hydrogen (secondary N) is 1. The Hall–Kier alpha value is -1.92. The predicted octanol–water partition coefficient (Wildman–Crippen LogP) is 2.33. The summed E-state index contributed by atoms with van der Waals surface area (Å²) in [6, 6.07) is 5.67. The average Bonchev–Trinajstić information content (AvgIpc) is 2.51. The fourth-order valence-electron chi connectivity index (χ4n) is 2.42. The van der Waals surface area contributed by atoms with Gasteiger partial charge in [0.05, 0.1) is 6.20 Å². The lowest BCUT2D eigenvalue weighted by Gasteiger charge is -2.32. The van der Waals surface area contributed by atoms with Crippen LogP contribution in [0.5, 0.6) is 0 Å². The van der Waals surface area contributed by atoms with Crippen molar-refractivity contribution in [2.75, 3.05) is 43.4 Å². The lowest BCUT2D eigenvalue weighted by atomic mass is 10.2. The van der Waals surface area contributed by atoms with Gasteiger partial charge in [0.25, 0.3) is 0 Å². The molecule has 1 fully saturated rings. The fourth-order valence-corrected chi connectivity index (χ4v) is 2.65. The van der Waals surface area contributed by atoms with Gasteiger partial charge >= 0.3 is 0 Å². The van der Waals surface area contributed by atoms with Crippen LogP contribution in [0.15, 0.2) is 24.4 Å². The zero-order valence-electron chi connectivity index (χ0n) is 12.8. The Morgan fingerprint density at radius 3 is 2.68 bits per heavy atom. The number of aryl methyl sites for hydroxylation is 1. The first-order chi connectivity index (χ1) is 10.6. The van der Waals surface area contributed by atoms with E-state index in [1.165, 1.54) is 0 Å². The summed E-state index contributed by atoms with van der Waals surface area (Å²) in [6.07, 6.45) is 1.71. The first-order valence-corrected chi connectivity index (χ1v) is 7.66. The molecule has 3 rings (SSSR count). The molecule has 0 amide bonds. The number of benzene rings is 1. The summed E-state index contributed by atoms with van der Waals surface area (Å²) in [4.78, 5) is 9.11. The third-order valence-corrected chi connectivity index (χ3v) is 4.04. The highest BCUT2D eigenvalue weighted by Gasteiger charge is 2.16. The van der Waals surface area contributed by atoms with Gasteiger partial charge in [-0.2, -0.15) is 10.1 Å². The summed E-state index contributed by atoms with van der Waals surface area (Å²) in [6.45, 7) is 5.96. The number of halogens is 1. The molecule has 1 aromatic carbocycles. The molecule has 7 heteroatoms. The molecule has 2 aromatic rings. The molecule has 1 saturated heterocycles. The van der Waals surface area contributed by atoms with Gasteiger partial charge in [-0.05, 0) is 37.7 Å². The van der Waals surface area contributed by atoms with Gasteiger partial charge in [0.15, 0.2) is 5.82 Å². The number of aromatic nitrogens is 3. The Morgan fingerprint density at radius 2 is 1.95 bits per heavy atom. The first kappa shape index (κ1) is 15.0. The molecule has 116 valence electrons. The van der Waals surface area contributed by atoms with E-state index in [2.05, 4.69) is 37.3 Å². The zero-order chi connectivity index (χ0) is 15.5. The normalized spacial score (nSPS) is 15.9. The second-order valence-electron chi connectivity index (χ2n) is 5.51. The van der Waals surface area contributed by atoms with E-state index in [1.54, 1.807) is 6.20 Å². The third kappa shape index (κ3) is 3.45. The summed E-state index contributed by atoms with van der Waals surface area (Å²) < 4.78 is 0. The summed E-state index contributed by atoms with van der Waals surface area (Å²) in [5.41, 5.74) is 1.97. The highest BCUT2D eigenvalue weighted by atomic mass is 35.5. The maximum absolute atomic E-state index is 5.98. The number of piperazine rings is 1. The molecule has 22 heavy (non-hydrogen) atoms. The van der Waals surface area contributed by atoms with Gasteiger partial charge < -0.3 is 15.1 Å². The van der Waals surface area contributed by atoms with Crippen molar-refractivity contribution in [2.45, 2.75) is 6.92 Å². The molecule has 1 aliphatic heterocycles. The van der Waals surface area contributed by atoms with Crippen molar-refractivity contribution >= 4 is 29.1 Å². The van der Waals surface area contributed by atoms with E-state index in [0.717, 1.165) is 43.2 Å². The van der Waals surface area contributed by atoms with Gasteiger partial charge in [0, 0.05) is 36.9 Å². The van der Waals surface area contributed by atoms with Gasteiger partial charge in [0.2, 0.25) is 5.95 Å². The van der Waals surface area contributed by atoms with E-state index >= 15 is 0 Å². The number of anilines is 3. The topological polar surface area (TPSA) is 57.2 Å². The van der Waals surface area contributed by atoms with E-state index in [9.17, 15) is 0 Å². The molecule has 0 radical (unpaired) electrons.